The lowest BCUT2D eigenvalue weighted by Crippen LogP contribution is -2.53. The zero-order chi connectivity index (χ0) is 32.0. The number of amides is 1. The fraction of sp³-hybridized carbons (Fsp3) is 0.367. The minimum atomic E-state index is -3.31. The van der Waals surface area contributed by atoms with Crippen molar-refractivity contribution in [1.29, 1.82) is 0 Å². The summed E-state index contributed by atoms with van der Waals surface area (Å²) in [7, 11) is -1.76. The molecule has 1 aliphatic heterocycles. The maximum atomic E-state index is 13.1. The third-order valence-electron chi connectivity index (χ3n) is 7.11. The van der Waals surface area contributed by atoms with Crippen molar-refractivity contribution in [3.05, 3.63) is 66.0 Å². The van der Waals surface area contributed by atoms with Gasteiger partial charge in [-0.2, -0.15) is 9.29 Å². The summed E-state index contributed by atoms with van der Waals surface area (Å²) < 4.78 is 36.2. The molecule has 3 heterocycles. The minimum Gasteiger partial charge on any atom is -0.481 e. The van der Waals surface area contributed by atoms with Gasteiger partial charge in [-0.1, -0.05) is 6.58 Å². The van der Waals surface area contributed by atoms with Crippen LogP contribution >= 0.6 is 0 Å². The molecule has 3 aromatic rings. The van der Waals surface area contributed by atoms with Crippen LogP contribution in [0.4, 0.5) is 23.1 Å². The summed E-state index contributed by atoms with van der Waals surface area (Å²) in [6.45, 7) is 10.0. The lowest BCUT2D eigenvalue weighted by atomic mass is 10.1. The maximum absolute atomic E-state index is 13.1. The summed E-state index contributed by atoms with van der Waals surface area (Å²) >= 11 is 0. The average molecular weight is 624 g/mol. The summed E-state index contributed by atoms with van der Waals surface area (Å²) in [5.74, 6) is 1.29. The number of piperazine rings is 1. The second-order valence-corrected chi connectivity index (χ2v) is 12.4. The van der Waals surface area contributed by atoms with Gasteiger partial charge >= 0.3 is 0 Å². The molecule has 0 saturated carbocycles. The Labute approximate surface area is 257 Å². The van der Waals surface area contributed by atoms with Crippen LogP contribution in [0.2, 0.25) is 0 Å². The number of methoxy groups -OCH3 is 1. The molecule has 2 aromatic heterocycles. The highest BCUT2D eigenvalue weighted by Crippen LogP contribution is 2.29. The van der Waals surface area contributed by atoms with Crippen LogP contribution < -0.4 is 20.1 Å². The quantitative estimate of drug-likeness (QED) is 0.286. The molecule has 13 nitrogen and oxygen atoms in total. The standard InChI is InChI=1S/C30H37N7O6S/c1-7-23(38)14-22-15-24(43-21(4)29(39)36-10-12-37(13-11-36)44(6,40)41)8-9-25(22)33-28-20(3)18-32-30(35-28)34-26-16-27(42-5)31-17-19(26)2/h7-9,15-18,21H,1,10-14H2,2-6H3,(H2,31,32,33,34,35)/t21-/m0/s1. The van der Waals surface area contributed by atoms with Crippen molar-refractivity contribution in [2.24, 2.45) is 0 Å². The molecule has 0 aliphatic carbocycles. The number of hydrogen-bond donors (Lipinski definition) is 2. The molecule has 234 valence electrons. The Morgan fingerprint density at radius 3 is 2.41 bits per heavy atom. The van der Waals surface area contributed by atoms with Gasteiger partial charge in [0.2, 0.25) is 21.9 Å². The van der Waals surface area contributed by atoms with Crippen molar-refractivity contribution in [1.82, 2.24) is 24.2 Å². The Morgan fingerprint density at radius 2 is 1.75 bits per heavy atom. The van der Waals surface area contributed by atoms with Crippen molar-refractivity contribution < 1.29 is 27.5 Å². The molecule has 4 rings (SSSR count). The highest BCUT2D eigenvalue weighted by molar-refractivity contribution is 7.88. The van der Waals surface area contributed by atoms with Crippen molar-refractivity contribution in [3.8, 4) is 11.6 Å². The monoisotopic (exact) mass is 623 g/mol. The number of aryl methyl sites for hydroxylation is 2. The summed E-state index contributed by atoms with van der Waals surface area (Å²) in [4.78, 5) is 40.3. The van der Waals surface area contributed by atoms with Gasteiger partial charge in [0.1, 0.15) is 11.6 Å². The molecule has 0 radical (unpaired) electrons. The van der Waals surface area contributed by atoms with Gasteiger partial charge in [-0.05, 0) is 56.2 Å². The number of pyridine rings is 1. The molecule has 1 fully saturated rings. The number of rotatable bonds is 12. The van der Waals surface area contributed by atoms with Gasteiger partial charge in [-0.25, -0.2) is 18.4 Å². The molecule has 1 aliphatic rings. The fourth-order valence-corrected chi connectivity index (χ4v) is 5.38. The van der Waals surface area contributed by atoms with E-state index in [1.54, 1.807) is 55.6 Å². The largest absolute Gasteiger partial charge is 0.481 e. The number of anilines is 4. The third-order valence-corrected chi connectivity index (χ3v) is 8.41. The van der Waals surface area contributed by atoms with Crippen LogP contribution in [0.15, 0.2) is 49.3 Å². The van der Waals surface area contributed by atoms with E-state index in [1.165, 1.54) is 10.4 Å². The van der Waals surface area contributed by atoms with Crippen molar-refractivity contribution in [3.63, 3.8) is 0 Å². The van der Waals surface area contributed by atoms with Gasteiger partial charge in [-0.3, -0.25) is 9.59 Å². The second-order valence-electron chi connectivity index (χ2n) is 10.4. The normalized spacial score (nSPS) is 14.4. The first-order valence-electron chi connectivity index (χ1n) is 13.9. The second kappa shape index (κ2) is 13.8. The first-order chi connectivity index (χ1) is 20.9. The molecule has 14 heteroatoms. The maximum Gasteiger partial charge on any atom is 0.263 e. The predicted molar refractivity (Wildman–Crippen MR) is 167 cm³/mol. The van der Waals surface area contributed by atoms with E-state index in [0.717, 1.165) is 23.1 Å². The molecule has 1 saturated heterocycles. The minimum absolute atomic E-state index is 0.0457. The first-order valence-corrected chi connectivity index (χ1v) is 15.8. The summed E-state index contributed by atoms with van der Waals surface area (Å²) in [6.07, 6.45) is 5.00. The van der Waals surface area contributed by atoms with Crippen LogP contribution in [-0.2, 0) is 26.0 Å². The molecule has 1 amide bonds. The SMILES string of the molecule is C=CC(=O)Cc1cc(O[C@@H](C)C(=O)N2CCN(S(C)(=O)=O)CC2)ccc1Nc1nc(Nc2cc(OC)ncc2C)ncc1C. The Morgan fingerprint density at radius 1 is 1.05 bits per heavy atom. The molecule has 44 heavy (non-hydrogen) atoms. The predicted octanol–water partition coefficient (Wildman–Crippen LogP) is 3.15. The Balaban J connectivity index is 1.51. The topological polar surface area (TPSA) is 156 Å². The average Bonchev–Trinajstić information content (AvgIpc) is 3.00. The van der Waals surface area contributed by atoms with Gasteiger partial charge in [0.05, 0.1) is 19.1 Å². The van der Waals surface area contributed by atoms with E-state index in [2.05, 4.69) is 32.2 Å². The zero-order valence-electron chi connectivity index (χ0n) is 25.5. The summed E-state index contributed by atoms with van der Waals surface area (Å²) in [5, 5.41) is 6.50. The lowest BCUT2D eigenvalue weighted by Gasteiger charge is -2.34. The highest BCUT2D eigenvalue weighted by atomic mass is 32.2. The molecule has 2 N–H and O–H groups in total. The number of hydrogen-bond acceptors (Lipinski definition) is 11. The van der Waals surface area contributed by atoms with Crippen molar-refractivity contribution in [2.45, 2.75) is 33.3 Å². The van der Waals surface area contributed by atoms with Crippen LogP contribution in [0.3, 0.4) is 0 Å². The number of sulfonamides is 1. The van der Waals surface area contributed by atoms with Gasteiger partial charge in [-0.15, -0.1) is 0 Å². The molecule has 1 aromatic carbocycles. The molecule has 0 bridgehead atoms. The Hall–Kier alpha value is -4.56. The van der Waals surface area contributed by atoms with E-state index in [9.17, 15) is 18.0 Å². The lowest BCUT2D eigenvalue weighted by molar-refractivity contribution is -0.139. The number of benzene rings is 1. The van der Waals surface area contributed by atoms with Gasteiger partial charge in [0.25, 0.3) is 5.91 Å². The molecule has 0 unspecified atom stereocenters. The van der Waals surface area contributed by atoms with E-state index in [-0.39, 0.29) is 44.3 Å². The number of ether oxygens (including phenoxy) is 2. The van der Waals surface area contributed by atoms with Crippen LogP contribution in [0.25, 0.3) is 0 Å². The number of nitrogens with one attached hydrogen (secondary N) is 2. The number of aromatic nitrogens is 3. The number of ketones is 1. The summed E-state index contributed by atoms with van der Waals surface area (Å²) in [6, 6.07) is 6.93. The van der Waals surface area contributed by atoms with Crippen molar-refractivity contribution in [2.75, 3.05) is 50.2 Å². The van der Waals surface area contributed by atoms with Crippen LogP contribution in [0.1, 0.15) is 23.6 Å². The van der Waals surface area contributed by atoms with Crippen LogP contribution in [0.5, 0.6) is 11.6 Å². The van der Waals surface area contributed by atoms with E-state index in [1.807, 2.05) is 13.8 Å². The van der Waals surface area contributed by atoms with Gasteiger partial charge in [0.15, 0.2) is 11.9 Å². The third kappa shape index (κ3) is 8.08. The first kappa shape index (κ1) is 32.4. The molecular weight excluding hydrogens is 586 g/mol. The fourth-order valence-electron chi connectivity index (χ4n) is 4.55. The molecule has 1 atom stereocenters. The van der Waals surface area contributed by atoms with E-state index in [0.29, 0.717) is 34.6 Å². The van der Waals surface area contributed by atoms with Crippen LogP contribution in [0, 0.1) is 13.8 Å². The Kier molecular flexibility index (Phi) is 10.2. The zero-order valence-corrected chi connectivity index (χ0v) is 26.3. The van der Waals surface area contributed by atoms with Crippen LogP contribution in [-0.4, -0.2) is 89.9 Å². The number of carbonyl (C=O) groups excluding carboxylic acids is 2. The van der Waals surface area contributed by atoms with E-state index >= 15 is 0 Å². The van der Waals surface area contributed by atoms with Gasteiger partial charge in [0, 0.05) is 62.3 Å². The number of carbonyl (C=O) groups is 2. The van der Waals surface area contributed by atoms with Crippen molar-refractivity contribution >= 4 is 44.9 Å². The summed E-state index contributed by atoms with van der Waals surface area (Å²) in [5.41, 5.74) is 3.64. The number of allylic oxidation sites excluding steroid dienone is 1. The number of nitrogens with zero attached hydrogens (tertiary/aromatic N) is 5. The van der Waals surface area contributed by atoms with Gasteiger partial charge < -0.3 is 25.0 Å². The molecular formula is C30H37N7O6S. The van der Waals surface area contributed by atoms with E-state index < -0.39 is 16.1 Å². The smallest absolute Gasteiger partial charge is 0.263 e. The van der Waals surface area contributed by atoms with E-state index in [4.69, 9.17) is 9.47 Å². The molecule has 0 spiro atoms. The highest BCUT2D eigenvalue weighted by Gasteiger charge is 2.29. The Bertz CT molecular complexity index is 1660.